The number of rotatable bonds is 5. The Morgan fingerprint density at radius 2 is 2.10 bits per heavy atom. The molecule has 0 aliphatic rings. The predicted octanol–water partition coefficient (Wildman–Crippen LogP) is 2.98. The molecule has 0 spiro atoms. The van der Waals surface area contributed by atoms with Crippen molar-refractivity contribution in [1.29, 1.82) is 0 Å². The van der Waals surface area contributed by atoms with Crippen molar-refractivity contribution >= 4 is 22.4 Å². The molecular weight excluding hydrogens is 276 g/mol. The lowest BCUT2D eigenvalue weighted by Gasteiger charge is -2.00. The van der Waals surface area contributed by atoms with E-state index >= 15 is 0 Å². The largest absolute Gasteiger partial charge is 0.361 e. The van der Waals surface area contributed by atoms with E-state index in [1.807, 2.05) is 0 Å². The summed E-state index contributed by atoms with van der Waals surface area (Å²) in [7, 11) is 0. The number of hydrogen-bond donors (Lipinski definition) is 1. The van der Waals surface area contributed by atoms with Crippen molar-refractivity contribution in [1.82, 2.24) is 15.4 Å². The zero-order chi connectivity index (χ0) is 14.7. The smallest absolute Gasteiger partial charge is 0.263 e. The maximum atomic E-state index is 12.1. The molecule has 0 aliphatic heterocycles. The predicted molar refractivity (Wildman–Crippen MR) is 77.0 cm³/mol. The molecule has 0 saturated heterocycles. The number of carbonyl (C=O) groups excluding carboxylic acids is 1. The van der Waals surface area contributed by atoms with Gasteiger partial charge in [-0.15, -0.1) is 10.2 Å². The highest BCUT2D eigenvalue weighted by molar-refractivity contribution is 7.15. The summed E-state index contributed by atoms with van der Waals surface area (Å²) in [5, 5.41) is 16.0. The van der Waals surface area contributed by atoms with Gasteiger partial charge in [0, 0.05) is 6.42 Å². The normalized spacial score (nSPS) is 11.1. The summed E-state index contributed by atoms with van der Waals surface area (Å²) >= 11 is 1.41. The molecule has 2 rings (SSSR count). The van der Waals surface area contributed by atoms with Gasteiger partial charge in [-0.2, -0.15) is 0 Å². The van der Waals surface area contributed by atoms with E-state index in [-0.39, 0.29) is 5.91 Å². The molecule has 2 aromatic heterocycles. The minimum Gasteiger partial charge on any atom is -0.361 e. The summed E-state index contributed by atoms with van der Waals surface area (Å²) in [5.74, 6) is 0.872. The summed E-state index contributed by atoms with van der Waals surface area (Å²) in [6.45, 7) is 7.78. The average molecular weight is 294 g/mol. The number of nitrogens with zero attached hydrogens (tertiary/aromatic N) is 3. The van der Waals surface area contributed by atoms with Crippen LogP contribution in [-0.4, -0.2) is 21.3 Å². The second-order valence-electron chi connectivity index (χ2n) is 5.09. The minimum atomic E-state index is -0.257. The molecule has 0 aliphatic carbocycles. The standard InChI is InChI=1S/C13H18N4O2S/c1-7(2)5-6-10-15-16-13(20-10)14-12(18)11-8(3)17-19-9(11)4/h7H,5-6H2,1-4H3,(H,14,16,18). The van der Waals surface area contributed by atoms with Crippen LogP contribution < -0.4 is 5.32 Å². The Balaban J connectivity index is 2.02. The van der Waals surface area contributed by atoms with Gasteiger partial charge < -0.3 is 4.52 Å². The highest BCUT2D eigenvalue weighted by atomic mass is 32.1. The van der Waals surface area contributed by atoms with Gasteiger partial charge in [0.15, 0.2) is 0 Å². The van der Waals surface area contributed by atoms with Gasteiger partial charge in [0.1, 0.15) is 16.3 Å². The molecule has 20 heavy (non-hydrogen) atoms. The second-order valence-corrected chi connectivity index (χ2v) is 6.15. The summed E-state index contributed by atoms with van der Waals surface area (Å²) in [6.07, 6.45) is 1.95. The number of carbonyl (C=O) groups is 1. The first-order valence-corrected chi connectivity index (χ1v) is 7.35. The molecule has 2 aromatic rings. The lowest BCUT2D eigenvalue weighted by molar-refractivity contribution is 0.102. The van der Waals surface area contributed by atoms with Crippen molar-refractivity contribution in [3.05, 3.63) is 22.0 Å². The van der Waals surface area contributed by atoms with Crippen LogP contribution in [0.15, 0.2) is 4.52 Å². The third kappa shape index (κ3) is 3.41. The van der Waals surface area contributed by atoms with E-state index in [0.29, 0.717) is 28.1 Å². The number of hydrogen-bond acceptors (Lipinski definition) is 6. The van der Waals surface area contributed by atoms with Crippen molar-refractivity contribution in [2.45, 2.75) is 40.5 Å². The highest BCUT2D eigenvalue weighted by Gasteiger charge is 2.19. The van der Waals surface area contributed by atoms with Crippen LogP contribution in [0.3, 0.4) is 0 Å². The molecule has 0 aromatic carbocycles. The van der Waals surface area contributed by atoms with Crippen LogP contribution in [0.2, 0.25) is 0 Å². The van der Waals surface area contributed by atoms with Crippen LogP contribution >= 0.6 is 11.3 Å². The molecule has 0 radical (unpaired) electrons. The highest BCUT2D eigenvalue weighted by Crippen LogP contribution is 2.20. The fourth-order valence-corrected chi connectivity index (χ4v) is 2.53. The Hall–Kier alpha value is -1.76. The van der Waals surface area contributed by atoms with Gasteiger partial charge in [0.2, 0.25) is 5.13 Å². The fraction of sp³-hybridized carbons (Fsp3) is 0.538. The van der Waals surface area contributed by atoms with Crippen molar-refractivity contribution in [2.24, 2.45) is 5.92 Å². The Kier molecular flexibility index (Phi) is 4.49. The van der Waals surface area contributed by atoms with Crippen LogP contribution in [0.25, 0.3) is 0 Å². The van der Waals surface area contributed by atoms with Gasteiger partial charge in [0.05, 0.1) is 5.69 Å². The molecule has 0 saturated carbocycles. The van der Waals surface area contributed by atoms with Gasteiger partial charge in [-0.1, -0.05) is 30.3 Å². The summed E-state index contributed by atoms with van der Waals surface area (Å²) in [4.78, 5) is 12.1. The number of aryl methyl sites for hydroxylation is 3. The lowest BCUT2D eigenvalue weighted by atomic mass is 10.1. The molecule has 2 heterocycles. The zero-order valence-electron chi connectivity index (χ0n) is 12.1. The lowest BCUT2D eigenvalue weighted by Crippen LogP contribution is -2.13. The molecule has 7 heteroatoms. The first-order valence-electron chi connectivity index (χ1n) is 6.54. The molecule has 0 unspecified atom stereocenters. The number of anilines is 1. The Labute approximate surface area is 121 Å². The van der Waals surface area contributed by atoms with Gasteiger partial charge in [-0.3, -0.25) is 10.1 Å². The molecule has 1 N–H and O–H groups in total. The summed E-state index contributed by atoms with van der Waals surface area (Å²) < 4.78 is 4.98. The van der Waals surface area contributed by atoms with Crippen LogP contribution in [0.5, 0.6) is 0 Å². The molecule has 0 bridgehead atoms. The van der Waals surface area contributed by atoms with Crippen LogP contribution in [0.4, 0.5) is 5.13 Å². The van der Waals surface area contributed by atoms with E-state index in [2.05, 4.69) is 34.5 Å². The maximum absolute atomic E-state index is 12.1. The summed E-state index contributed by atoms with van der Waals surface area (Å²) in [5.41, 5.74) is 1.04. The van der Waals surface area contributed by atoms with Crippen LogP contribution in [0.1, 0.15) is 47.1 Å². The minimum absolute atomic E-state index is 0.257. The summed E-state index contributed by atoms with van der Waals surface area (Å²) in [6, 6.07) is 0. The van der Waals surface area contributed by atoms with Crippen molar-refractivity contribution in [3.63, 3.8) is 0 Å². The van der Waals surface area contributed by atoms with Crippen molar-refractivity contribution in [2.75, 3.05) is 5.32 Å². The van der Waals surface area contributed by atoms with Crippen molar-refractivity contribution in [3.8, 4) is 0 Å². The first kappa shape index (κ1) is 14.6. The molecule has 6 nitrogen and oxygen atoms in total. The Morgan fingerprint density at radius 1 is 1.35 bits per heavy atom. The second kappa shape index (κ2) is 6.13. The fourth-order valence-electron chi connectivity index (χ4n) is 1.78. The average Bonchev–Trinajstić information content (AvgIpc) is 2.94. The number of nitrogens with one attached hydrogen (secondary N) is 1. The van der Waals surface area contributed by atoms with Crippen LogP contribution in [0, 0.1) is 19.8 Å². The zero-order valence-corrected chi connectivity index (χ0v) is 12.9. The first-order chi connectivity index (χ1) is 9.47. The van der Waals surface area contributed by atoms with Gasteiger partial charge in [-0.25, -0.2) is 0 Å². The molecular formula is C13H18N4O2S. The van der Waals surface area contributed by atoms with E-state index in [4.69, 9.17) is 4.52 Å². The topological polar surface area (TPSA) is 80.9 Å². The van der Waals surface area contributed by atoms with E-state index < -0.39 is 0 Å². The quantitative estimate of drug-likeness (QED) is 0.916. The molecule has 0 atom stereocenters. The third-order valence-corrected chi connectivity index (χ3v) is 3.78. The van der Waals surface area contributed by atoms with Gasteiger partial charge in [-0.05, 0) is 26.2 Å². The maximum Gasteiger partial charge on any atom is 0.263 e. The molecule has 108 valence electrons. The van der Waals surface area contributed by atoms with Gasteiger partial charge >= 0.3 is 0 Å². The van der Waals surface area contributed by atoms with E-state index in [1.54, 1.807) is 13.8 Å². The Bertz CT molecular complexity index is 584. The third-order valence-electron chi connectivity index (χ3n) is 2.88. The monoisotopic (exact) mass is 294 g/mol. The number of amides is 1. The molecule has 0 fully saturated rings. The van der Waals surface area contributed by atoms with Gasteiger partial charge in [0.25, 0.3) is 5.91 Å². The van der Waals surface area contributed by atoms with E-state index in [9.17, 15) is 4.79 Å². The number of aromatic nitrogens is 3. The van der Waals surface area contributed by atoms with Crippen LogP contribution in [-0.2, 0) is 6.42 Å². The van der Waals surface area contributed by atoms with Crippen molar-refractivity contribution < 1.29 is 9.32 Å². The molecule has 1 amide bonds. The van der Waals surface area contributed by atoms with E-state index in [0.717, 1.165) is 17.8 Å². The van der Waals surface area contributed by atoms with E-state index in [1.165, 1.54) is 11.3 Å². The Morgan fingerprint density at radius 3 is 2.70 bits per heavy atom. The SMILES string of the molecule is Cc1noc(C)c1C(=O)Nc1nnc(CCC(C)C)s1.